The Morgan fingerprint density at radius 2 is 1.72 bits per heavy atom. The van der Waals surface area contributed by atoms with Crippen molar-refractivity contribution in [2.24, 2.45) is 0 Å². The molecule has 0 fully saturated rings. The first-order valence-electron chi connectivity index (χ1n) is 5.23. The number of hydrogen-bond acceptors (Lipinski definition) is 2. The molecular formula is C12H14F4O2. The predicted octanol–water partition coefficient (Wildman–Crippen LogP) is 3.93. The van der Waals surface area contributed by atoms with Gasteiger partial charge in [-0.1, -0.05) is 26.8 Å². The number of rotatable bonds is 3. The average molecular weight is 266 g/mol. The average Bonchev–Trinajstić information content (AvgIpc) is 2.14. The molecule has 0 aliphatic heterocycles. The number of alkyl halides is 4. The molecule has 18 heavy (non-hydrogen) atoms. The third-order valence-corrected chi connectivity index (χ3v) is 2.25. The second kappa shape index (κ2) is 4.66. The summed E-state index contributed by atoms with van der Waals surface area (Å²) in [7, 11) is 0. The molecule has 0 radical (unpaired) electrons. The van der Waals surface area contributed by atoms with E-state index in [1.54, 1.807) is 20.8 Å². The SMILES string of the molecule is CC(C)(C)c1c(O)cccc1OC(F)(F)C(F)F. The Hall–Kier alpha value is -1.46. The fourth-order valence-electron chi connectivity index (χ4n) is 1.55. The van der Waals surface area contributed by atoms with Crippen LogP contribution >= 0.6 is 0 Å². The Kier molecular flexibility index (Phi) is 3.78. The highest BCUT2D eigenvalue weighted by atomic mass is 19.3. The van der Waals surface area contributed by atoms with Gasteiger partial charge < -0.3 is 9.84 Å². The number of phenolic OH excluding ortho intramolecular Hbond substituents is 1. The van der Waals surface area contributed by atoms with E-state index in [-0.39, 0.29) is 11.3 Å². The molecule has 0 aliphatic rings. The van der Waals surface area contributed by atoms with Crippen molar-refractivity contribution >= 4 is 0 Å². The van der Waals surface area contributed by atoms with Crippen LogP contribution in [0, 0.1) is 0 Å². The van der Waals surface area contributed by atoms with Gasteiger partial charge in [-0.05, 0) is 17.5 Å². The second-order valence-electron chi connectivity index (χ2n) is 4.86. The van der Waals surface area contributed by atoms with E-state index in [1.165, 1.54) is 12.1 Å². The van der Waals surface area contributed by atoms with Crippen molar-refractivity contribution in [3.05, 3.63) is 23.8 Å². The van der Waals surface area contributed by atoms with Crippen LogP contribution in [0.1, 0.15) is 26.3 Å². The Morgan fingerprint density at radius 3 is 2.17 bits per heavy atom. The van der Waals surface area contributed by atoms with Crippen LogP contribution in [0.25, 0.3) is 0 Å². The van der Waals surface area contributed by atoms with Crippen LogP contribution in [-0.4, -0.2) is 17.6 Å². The van der Waals surface area contributed by atoms with Crippen molar-refractivity contribution in [3.8, 4) is 11.5 Å². The number of phenols is 1. The quantitative estimate of drug-likeness (QED) is 0.840. The maximum Gasteiger partial charge on any atom is 0.461 e. The lowest BCUT2D eigenvalue weighted by Gasteiger charge is -2.26. The van der Waals surface area contributed by atoms with Gasteiger partial charge in [-0.2, -0.15) is 17.6 Å². The first kappa shape index (κ1) is 14.6. The number of benzene rings is 1. The second-order valence-corrected chi connectivity index (χ2v) is 4.86. The van der Waals surface area contributed by atoms with E-state index < -0.39 is 23.7 Å². The van der Waals surface area contributed by atoms with Gasteiger partial charge in [-0.3, -0.25) is 0 Å². The third-order valence-electron chi connectivity index (χ3n) is 2.25. The lowest BCUT2D eigenvalue weighted by Crippen LogP contribution is -2.34. The van der Waals surface area contributed by atoms with E-state index in [1.807, 2.05) is 0 Å². The van der Waals surface area contributed by atoms with Crippen LogP contribution in [0.4, 0.5) is 17.6 Å². The van der Waals surface area contributed by atoms with Crippen molar-refractivity contribution in [1.82, 2.24) is 0 Å². The zero-order valence-corrected chi connectivity index (χ0v) is 10.2. The zero-order chi connectivity index (χ0) is 14.1. The van der Waals surface area contributed by atoms with E-state index in [9.17, 15) is 22.7 Å². The minimum Gasteiger partial charge on any atom is -0.508 e. The molecule has 6 heteroatoms. The molecule has 0 atom stereocenters. The van der Waals surface area contributed by atoms with Crippen molar-refractivity contribution in [3.63, 3.8) is 0 Å². The lowest BCUT2D eigenvalue weighted by molar-refractivity contribution is -0.253. The Labute approximate surface area is 102 Å². The standard InChI is InChI=1S/C12H14F4O2/c1-11(2,3)9-7(17)5-4-6-8(9)18-12(15,16)10(13)14/h4-6,10,17H,1-3H3. The minimum absolute atomic E-state index is 0.0605. The van der Waals surface area contributed by atoms with E-state index in [2.05, 4.69) is 4.74 Å². The maximum absolute atomic E-state index is 12.9. The van der Waals surface area contributed by atoms with Gasteiger partial charge in [-0.25, -0.2) is 0 Å². The van der Waals surface area contributed by atoms with E-state index in [4.69, 9.17) is 0 Å². The molecule has 1 aromatic carbocycles. The molecule has 0 bridgehead atoms. The van der Waals surface area contributed by atoms with Crippen LogP contribution in [-0.2, 0) is 5.41 Å². The molecule has 0 heterocycles. The van der Waals surface area contributed by atoms with Gasteiger partial charge >= 0.3 is 12.5 Å². The molecule has 0 aliphatic carbocycles. The van der Waals surface area contributed by atoms with Crippen molar-refractivity contribution in [2.75, 3.05) is 0 Å². The normalized spacial score (nSPS) is 12.9. The first-order valence-corrected chi connectivity index (χ1v) is 5.23. The molecule has 0 saturated heterocycles. The van der Waals surface area contributed by atoms with Gasteiger partial charge in [0.1, 0.15) is 11.5 Å². The molecule has 0 amide bonds. The van der Waals surface area contributed by atoms with Gasteiger partial charge in [0.15, 0.2) is 0 Å². The molecule has 0 spiro atoms. The van der Waals surface area contributed by atoms with Crippen LogP contribution in [0.3, 0.4) is 0 Å². The van der Waals surface area contributed by atoms with Crippen LogP contribution in [0.2, 0.25) is 0 Å². The minimum atomic E-state index is -4.59. The van der Waals surface area contributed by atoms with Crippen molar-refractivity contribution in [2.45, 2.75) is 38.7 Å². The van der Waals surface area contributed by atoms with Gasteiger partial charge in [0, 0.05) is 5.56 Å². The highest BCUT2D eigenvalue weighted by Crippen LogP contribution is 2.40. The number of halogens is 4. The summed E-state index contributed by atoms with van der Waals surface area (Å²) in [6, 6.07) is 3.66. The lowest BCUT2D eigenvalue weighted by atomic mass is 9.85. The smallest absolute Gasteiger partial charge is 0.461 e. The Balaban J connectivity index is 3.23. The molecule has 102 valence electrons. The van der Waals surface area contributed by atoms with Crippen LogP contribution < -0.4 is 4.74 Å². The Morgan fingerprint density at radius 1 is 1.17 bits per heavy atom. The largest absolute Gasteiger partial charge is 0.508 e. The fourth-order valence-corrected chi connectivity index (χ4v) is 1.55. The summed E-state index contributed by atoms with van der Waals surface area (Å²) in [5.74, 6) is -0.724. The third kappa shape index (κ3) is 3.05. The summed E-state index contributed by atoms with van der Waals surface area (Å²) in [6.07, 6.45) is -8.53. The highest BCUT2D eigenvalue weighted by molar-refractivity contribution is 5.48. The summed E-state index contributed by atoms with van der Waals surface area (Å²) in [4.78, 5) is 0. The number of ether oxygens (including phenoxy) is 1. The van der Waals surface area contributed by atoms with Gasteiger partial charge in [0.2, 0.25) is 0 Å². The molecule has 0 unspecified atom stereocenters. The highest BCUT2D eigenvalue weighted by Gasteiger charge is 2.45. The number of aromatic hydroxyl groups is 1. The molecular weight excluding hydrogens is 252 g/mol. The number of hydrogen-bond donors (Lipinski definition) is 1. The van der Waals surface area contributed by atoms with Gasteiger partial charge in [-0.15, -0.1) is 0 Å². The summed E-state index contributed by atoms with van der Waals surface area (Å²) in [5.41, 5.74) is -0.663. The molecule has 2 nitrogen and oxygen atoms in total. The van der Waals surface area contributed by atoms with Crippen molar-refractivity contribution in [1.29, 1.82) is 0 Å². The predicted molar refractivity (Wildman–Crippen MR) is 58.4 cm³/mol. The summed E-state index contributed by atoms with van der Waals surface area (Å²) < 4.78 is 54.0. The van der Waals surface area contributed by atoms with Gasteiger partial charge in [0.05, 0.1) is 0 Å². The Bertz CT molecular complexity index is 425. The molecule has 1 N–H and O–H groups in total. The first-order chi connectivity index (χ1) is 8.05. The topological polar surface area (TPSA) is 29.5 Å². The van der Waals surface area contributed by atoms with E-state index in [0.29, 0.717) is 0 Å². The van der Waals surface area contributed by atoms with Crippen LogP contribution in [0.5, 0.6) is 11.5 Å². The van der Waals surface area contributed by atoms with E-state index >= 15 is 0 Å². The fraction of sp³-hybridized carbons (Fsp3) is 0.500. The molecule has 1 rings (SSSR count). The van der Waals surface area contributed by atoms with Crippen molar-refractivity contribution < 1.29 is 27.4 Å². The van der Waals surface area contributed by atoms with E-state index in [0.717, 1.165) is 6.07 Å². The van der Waals surface area contributed by atoms with Crippen LogP contribution in [0.15, 0.2) is 18.2 Å². The maximum atomic E-state index is 12.9. The van der Waals surface area contributed by atoms with Gasteiger partial charge in [0.25, 0.3) is 0 Å². The zero-order valence-electron chi connectivity index (χ0n) is 10.2. The molecule has 1 aromatic rings. The molecule has 0 aromatic heterocycles. The molecule has 0 saturated carbocycles. The summed E-state index contributed by atoms with van der Waals surface area (Å²) >= 11 is 0. The summed E-state index contributed by atoms with van der Waals surface area (Å²) in [6.45, 7) is 4.94. The monoisotopic (exact) mass is 266 g/mol. The summed E-state index contributed by atoms with van der Waals surface area (Å²) in [5, 5.41) is 9.65.